The fourth-order valence-electron chi connectivity index (χ4n) is 12.5. The molecule has 6 aliphatic carbocycles. The number of fused-ring (bicyclic) bond motifs is 7. The molecule has 6 rings (SSSR count). The molecule has 220 valence electrons. The molecule has 0 saturated heterocycles. The molecule has 0 heterocycles. The highest BCUT2D eigenvalue weighted by Gasteiger charge is 2.70. The first kappa shape index (κ1) is 28.5. The fourth-order valence-corrected chi connectivity index (χ4v) is 12.5. The summed E-state index contributed by atoms with van der Waals surface area (Å²) in [6.07, 6.45) is 20.0. The number of methoxy groups -OCH3 is 1. The minimum Gasteiger partial charge on any atom is -0.466 e. The third-order valence-electron chi connectivity index (χ3n) is 14.7. The zero-order chi connectivity index (χ0) is 28.9. The Morgan fingerprint density at radius 3 is 2.33 bits per heavy atom. The van der Waals surface area contributed by atoms with Gasteiger partial charge in [0.25, 0.3) is 0 Å². The maximum atomic E-state index is 12.1. The van der Waals surface area contributed by atoms with Crippen molar-refractivity contribution in [3.05, 3.63) is 47.1 Å². The molecule has 0 aromatic carbocycles. The normalized spacial score (nSPS) is 47.4. The van der Waals surface area contributed by atoms with Gasteiger partial charge in [0.1, 0.15) is 0 Å². The van der Waals surface area contributed by atoms with Crippen LogP contribution in [0.1, 0.15) is 112 Å². The van der Waals surface area contributed by atoms with Gasteiger partial charge in [0.2, 0.25) is 0 Å². The predicted octanol–water partition coefficient (Wildman–Crippen LogP) is 8.71. The first-order valence-corrected chi connectivity index (χ1v) is 16.4. The van der Waals surface area contributed by atoms with Crippen molar-refractivity contribution in [2.75, 3.05) is 7.11 Å². The summed E-state index contributed by atoms with van der Waals surface area (Å²) in [4.78, 5) is 12.1. The molecule has 3 heteroatoms. The average molecular weight is 546 g/mol. The van der Waals surface area contributed by atoms with E-state index in [4.69, 9.17) is 10.5 Å². The van der Waals surface area contributed by atoms with Gasteiger partial charge >= 0.3 is 5.97 Å². The van der Waals surface area contributed by atoms with E-state index in [-0.39, 0.29) is 16.9 Å². The summed E-state index contributed by atoms with van der Waals surface area (Å²) >= 11 is 0. The molecule has 0 amide bonds. The third kappa shape index (κ3) is 3.67. The average Bonchev–Trinajstić information content (AvgIpc) is 3.26. The van der Waals surface area contributed by atoms with Gasteiger partial charge in [0.05, 0.1) is 7.11 Å². The molecular formula is C37H55NO2. The Morgan fingerprint density at radius 2 is 1.68 bits per heavy atom. The lowest BCUT2D eigenvalue weighted by Gasteiger charge is -2.72. The molecule has 0 aromatic rings. The Morgan fingerprint density at radius 1 is 0.925 bits per heavy atom. The van der Waals surface area contributed by atoms with Gasteiger partial charge in [-0.05, 0) is 140 Å². The lowest BCUT2D eigenvalue weighted by Crippen LogP contribution is -2.67. The molecule has 0 aliphatic heterocycles. The Bertz CT molecular complexity index is 1200. The highest BCUT2D eigenvalue weighted by molar-refractivity contribution is 5.89. The SMILES string of the molecule is C=C(C)C1CCC2(N)CCC3(C)C(CCC4C5(C)CC=C(C6=CC=C(C(=O)OC)CC6)C(C)(C)C5CCC43C)C12. The minimum absolute atomic E-state index is 0.0263. The number of rotatable bonds is 3. The van der Waals surface area contributed by atoms with Crippen LogP contribution in [-0.2, 0) is 9.53 Å². The monoisotopic (exact) mass is 545 g/mol. The van der Waals surface area contributed by atoms with Crippen molar-refractivity contribution in [3.63, 3.8) is 0 Å². The van der Waals surface area contributed by atoms with Crippen LogP contribution in [0, 0.1) is 51.2 Å². The zero-order valence-electron chi connectivity index (χ0n) is 26.5. The van der Waals surface area contributed by atoms with Crippen molar-refractivity contribution in [3.8, 4) is 0 Å². The maximum Gasteiger partial charge on any atom is 0.333 e. The van der Waals surface area contributed by atoms with Gasteiger partial charge in [-0.1, -0.05) is 65.0 Å². The number of hydrogen-bond donors (Lipinski definition) is 1. The van der Waals surface area contributed by atoms with E-state index in [0.717, 1.165) is 30.3 Å². The van der Waals surface area contributed by atoms with E-state index < -0.39 is 0 Å². The highest BCUT2D eigenvalue weighted by atomic mass is 16.5. The van der Waals surface area contributed by atoms with Gasteiger partial charge in [-0.2, -0.15) is 0 Å². The van der Waals surface area contributed by atoms with Crippen molar-refractivity contribution in [2.45, 2.75) is 118 Å². The van der Waals surface area contributed by atoms with Crippen LogP contribution in [0.5, 0.6) is 0 Å². The standard InChI is InChI=1S/C37H55NO2/c1-23(2)26-15-20-37(38)22-21-35(6)28(31(26)37)13-14-30-34(5)18-16-27(24-9-11-25(12-10-24)32(39)40-8)33(3,4)29(34)17-19-36(30,35)7/h9,11,16,26,28-31H,1,10,12-15,17-22,38H2,2-8H3. The topological polar surface area (TPSA) is 52.3 Å². The second kappa shape index (κ2) is 9.19. The summed E-state index contributed by atoms with van der Waals surface area (Å²) in [5.41, 5.74) is 13.6. The van der Waals surface area contributed by atoms with Crippen molar-refractivity contribution in [1.29, 1.82) is 0 Å². The summed E-state index contributed by atoms with van der Waals surface area (Å²) < 4.78 is 4.98. The van der Waals surface area contributed by atoms with Crippen LogP contribution < -0.4 is 5.73 Å². The minimum atomic E-state index is -0.183. The van der Waals surface area contributed by atoms with E-state index in [1.807, 2.05) is 6.08 Å². The molecule has 3 nitrogen and oxygen atoms in total. The second-order valence-corrected chi connectivity index (χ2v) is 16.3. The third-order valence-corrected chi connectivity index (χ3v) is 14.7. The number of hydrogen-bond acceptors (Lipinski definition) is 3. The molecule has 9 unspecified atom stereocenters. The molecule has 0 radical (unpaired) electrons. The van der Waals surface area contributed by atoms with Crippen LogP contribution in [0.4, 0.5) is 0 Å². The Labute approximate surface area is 244 Å². The second-order valence-electron chi connectivity index (χ2n) is 16.3. The maximum absolute atomic E-state index is 12.1. The van der Waals surface area contributed by atoms with Gasteiger partial charge in [-0.15, -0.1) is 0 Å². The molecule has 6 aliphatic rings. The molecule has 0 bridgehead atoms. The number of ether oxygens (including phenoxy) is 1. The van der Waals surface area contributed by atoms with Gasteiger partial charge in [-0.3, -0.25) is 0 Å². The molecule has 0 aromatic heterocycles. The van der Waals surface area contributed by atoms with Gasteiger partial charge < -0.3 is 10.5 Å². The first-order chi connectivity index (χ1) is 18.7. The highest BCUT2D eigenvalue weighted by Crippen LogP contribution is 2.76. The first-order valence-electron chi connectivity index (χ1n) is 16.4. The smallest absolute Gasteiger partial charge is 0.333 e. The molecule has 9 atom stereocenters. The van der Waals surface area contributed by atoms with Gasteiger partial charge in [0.15, 0.2) is 0 Å². The quantitative estimate of drug-likeness (QED) is 0.285. The summed E-state index contributed by atoms with van der Waals surface area (Å²) in [7, 11) is 1.48. The Balaban J connectivity index is 1.33. The molecule has 2 N–H and O–H groups in total. The molecule has 40 heavy (non-hydrogen) atoms. The van der Waals surface area contributed by atoms with Crippen molar-refractivity contribution >= 4 is 5.97 Å². The van der Waals surface area contributed by atoms with Crippen LogP contribution in [-0.4, -0.2) is 18.6 Å². The Kier molecular flexibility index (Phi) is 6.55. The molecular weight excluding hydrogens is 490 g/mol. The van der Waals surface area contributed by atoms with E-state index in [1.54, 1.807) is 5.57 Å². The number of nitrogens with two attached hydrogens (primary N) is 1. The largest absolute Gasteiger partial charge is 0.466 e. The summed E-state index contributed by atoms with van der Waals surface area (Å²) in [5.74, 6) is 3.19. The molecule has 4 fully saturated rings. The van der Waals surface area contributed by atoms with E-state index in [0.29, 0.717) is 34.0 Å². The fraction of sp³-hybridized carbons (Fsp3) is 0.757. The zero-order valence-corrected chi connectivity index (χ0v) is 26.5. The number of carbonyl (C=O) groups is 1. The summed E-state index contributed by atoms with van der Waals surface area (Å²) in [6.45, 7) is 19.9. The Hall–Kier alpha value is -1.61. The predicted molar refractivity (Wildman–Crippen MR) is 164 cm³/mol. The van der Waals surface area contributed by atoms with Gasteiger partial charge in [-0.25, -0.2) is 4.79 Å². The van der Waals surface area contributed by atoms with E-state index in [1.165, 1.54) is 76.0 Å². The van der Waals surface area contributed by atoms with E-state index in [9.17, 15) is 4.79 Å². The van der Waals surface area contributed by atoms with Crippen LogP contribution in [0.3, 0.4) is 0 Å². The van der Waals surface area contributed by atoms with Crippen molar-refractivity contribution in [2.24, 2.45) is 57.0 Å². The lowest BCUT2D eigenvalue weighted by atomic mass is 9.33. The number of carbonyl (C=O) groups excluding carboxylic acids is 1. The van der Waals surface area contributed by atoms with Crippen LogP contribution in [0.25, 0.3) is 0 Å². The lowest BCUT2D eigenvalue weighted by molar-refractivity contribution is -0.219. The number of allylic oxidation sites excluding steroid dienone is 6. The van der Waals surface area contributed by atoms with Crippen LogP contribution >= 0.6 is 0 Å². The van der Waals surface area contributed by atoms with Crippen molar-refractivity contribution < 1.29 is 9.53 Å². The van der Waals surface area contributed by atoms with Crippen molar-refractivity contribution in [1.82, 2.24) is 0 Å². The molecule has 4 saturated carbocycles. The van der Waals surface area contributed by atoms with E-state index >= 15 is 0 Å². The van der Waals surface area contributed by atoms with E-state index in [2.05, 4.69) is 60.3 Å². The number of esters is 1. The summed E-state index contributed by atoms with van der Waals surface area (Å²) in [6, 6.07) is 0. The van der Waals surface area contributed by atoms with Crippen LogP contribution in [0.2, 0.25) is 0 Å². The summed E-state index contributed by atoms with van der Waals surface area (Å²) in [5, 5.41) is 0. The van der Waals surface area contributed by atoms with Crippen LogP contribution in [0.15, 0.2) is 47.1 Å². The van der Waals surface area contributed by atoms with Gasteiger partial charge in [0, 0.05) is 11.1 Å². The molecule has 0 spiro atoms.